The normalized spacial score (nSPS) is 19.3. The summed E-state index contributed by atoms with van der Waals surface area (Å²) in [4.78, 5) is 26.6. The molecule has 25 heavy (non-hydrogen) atoms. The molecule has 136 valence electrons. The number of hydrogen-bond acceptors (Lipinski definition) is 4. The van der Waals surface area contributed by atoms with Crippen molar-refractivity contribution in [3.05, 3.63) is 33.8 Å². The minimum Gasteiger partial charge on any atom is -0.408 e. The predicted molar refractivity (Wildman–Crippen MR) is 98.1 cm³/mol. The van der Waals surface area contributed by atoms with Gasteiger partial charge in [-0.3, -0.25) is 14.3 Å². The number of likely N-dealkylation sites (tertiary alicyclic amines) is 1. The van der Waals surface area contributed by atoms with Crippen LogP contribution in [0.4, 0.5) is 0 Å². The Labute approximate surface area is 151 Å². The van der Waals surface area contributed by atoms with Crippen LogP contribution >= 0.6 is 11.6 Å². The molecule has 1 aliphatic rings. The van der Waals surface area contributed by atoms with Crippen molar-refractivity contribution in [2.45, 2.75) is 45.2 Å². The molecule has 1 atom stereocenters. The summed E-state index contributed by atoms with van der Waals surface area (Å²) >= 11 is 6.08. The summed E-state index contributed by atoms with van der Waals surface area (Å²) in [7, 11) is 0. The molecule has 0 bridgehead atoms. The van der Waals surface area contributed by atoms with Crippen molar-refractivity contribution in [1.29, 1.82) is 0 Å². The van der Waals surface area contributed by atoms with Gasteiger partial charge in [0, 0.05) is 17.1 Å². The maximum absolute atomic E-state index is 12.3. The standard InChI is InChI=1S/C18H24ClN3O3/c1-18(2,3)20-16(23)11-21-8-4-5-13(10-21)22-14-9-12(19)6-7-15(14)25-17(22)24/h6-7,9,13H,4-5,8,10-11H2,1-3H3,(H,20,23)/t13-/m0/s1. The first kappa shape index (κ1) is 18.0. The zero-order valence-electron chi connectivity index (χ0n) is 14.8. The van der Waals surface area contributed by atoms with Gasteiger partial charge in [-0.2, -0.15) is 0 Å². The van der Waals surface area contributed by atoms with Crippen molar-refractivity contribution in [2.75, 3.05) is 19.6 Å². The van der Waals surface area contributed by atoms with E-state index < -0.39 is 0 Å². The predicted octanol–water partition coefficient (Wildman–Crippen LogP) is 2.80. The van der Waals surface area contributed by atoms with Crippen molar-refractivity contribution < 1.29 is 9.21 Å². The van der Waals surface area contributed by atoms with Crippen molar-refractivity contribution in [3.8, 4) is 0 Å². The third-order valence-corrected chi connectivity index (χ3v) is 4.54. The van der Waals surface area contributed by atoms with E-state index in [1.54, 1.807) is 22.8 Å². The minimum absolute atomic E-state index is 0.000549. The molecule has 2 heterocycles. The molecule has 7 heteroatoms. The van der Waals surface area contributed by atoms with E-state index in [1.165, 1.54) is 0 Å². The molecule has 0 radical (unpaired) electrons. The summed E-state index contributed by atoms with van der Waals surface area (Å²) in [5.74, 6) is -0.371. The SMILES string of the molecule is CC(C)(C)NC(=O)CN1CCC[C@H](n2c(=O)oc3ccc(Cl)cc32)C1. The molecule has 1 aromatic heterocycles. The Morgan fingerprint density at radius 2 is 2.16 bits per heavy atom. The minimum atomic E-state index is -0.372. The van der Waals surface area contributed by atoms with Gasteiger partial charge in [0.1, 0.15) is 0 Å². The number of carbonyl (C=O) groups is 1. The number of benzene rings is 1. The number of hydrogen-bond donors (Lipinski definition) is 1. The Hall–Kier alpha value is -1.79. The van der Waals surface area contributed by atoms with Crippen LogP contribution in [-0.2, 0) is 4.79 Å². The molecule has 0 spiro atoms. The smallest absolute Gasteiger partial charge is 0.408 e. The van der Waals surface area contributed by atoms with Crippen molar-refractivity contribution in [2.24, 2.45) is 0 Å². The summed E-state index contributed by atoms with van der Waals surface area (Å²) in [6.45, 7) is 7.71. The molecule has 1 N–H and O–H groups in total. The van der Waals surface area contributed by atoms with Crippen molar-refractivity contribution in [3.63, 3.8) is 0 Å². The van der Waals surface area contributed by atoms with Crippen LogP contribution in [0.3, 0.4) is 0 Å². The van der Waals surface area contributed by atoms with E-state index in [4.69, 9.17) is 16.0 Å². The molecule has 2 aromatic rings. The van der Waals surface area contributed by atoms with Crippen molar-refractivity contribution >= 4 is 28.6 Å². The second-order valence-electron chi connectivity index (χ2n) is 7.68. The van der Waals surface area contributed by atoms with Gasteiger partial charge in [-0.25, -0.2) is 4.79 Å². The monoisotopic (exact) mass is 365 g/mol. The van der Waals surface area contributed by atoms with Gasteiger partial charge in [-0.05, 0) is 58.4 Å². The third kappa shape index (κ3) is 4.25. The number of rotatable bonds is 3. The van der Waals surface area contributed by atoms with Gasteiger partial charge in [0.25, 0.3) is 0 Å². The van der Waals surface area contributed by atoms with E-state index >= 15 is 0 Å². The highest BCUT2D eigenvalue weighted by atomic mass is 35.5. The Balaban J connectivity index is 1.78. The summed E-state index contributed by atoms with van der Waals surface area (Å²) < 4.78 is 7.02. The van der Waals surface area contributed by atoms with E-state index in [9.17, 15) is 9.59 Å². The third-order valence-electron chi connectivity index (χ3n) is 4.30. The van der Waals surface area contributed by atoms with Crippen LogP contribution in [0.2, 0.25) is 5.02 Å². The highest BCUT2D eigenvalue weighted by Gasteiger charge is 2.27. The lowest BCUT2D eigenvalue weighted by molar-refractivity contribution is -0.124. The van der Waals surface area contributed by atoms with Gasteiger partial charge < -0.3 is 9.73 Å². The molecular formula is C18H24ClN3O3. The summed E-state index contributed by atoms with van der Waals surface area (Å²) in [6.07, 6.45) is 1.80. The lowest BCUT2D eigenvalue weighted by Crippen LogP contribution is -2.48. The fourth-order valence-electron chi connectivity index (χ4n) is 3.40. The number of halogens is 1. The molecular weight excluding hydrogens is 342 g/mol. The van der Waals surface area contributed by atoms with Gasteiger partial charge in [0.2, 0.25) is 5.91 Å². The maximum atomic E-state index is 12.3. The number of oxazole rings is 1. The number of fused-ring (bicyclic) bond motifs is 1. The molecule has 1 aliphatic heterocycles. The first-order valence-corrected chi connectivity index (χ1v) is 8.95. The quantitative estimate of drug-likeness (QED) is 0.908. The molecule has 0 aliphatic carbocycles. The molecule has 6 nitrogen and oxygen atoms in total. The number of aromatic nitrogens is 1. The van der Waals surface area contributed by atoms with Gasteiger partial charge in [0.05, 0.1) is 18.1 Å². The average molecular weight is 366 g/mol. The fraction of sp³-hybridized carbons (Fsp3) is 0.556. The Morgan fingerprint density at radius 3 is 2.88 bits per heavy atom. The van der Waals surface area contributed by atoms with Crippen LogP contribution < -0.4 is 11.1 Å². The molecule has 1 fully saturated rings. The Morgan fingerprint density at radius 1 is 1.40 bits per heavy atom. The van der Waals surface area contributed by atoms with Gasteiger partial charge in [-0.1, -0.05) is 11.6 Å². The molecule has 0 saturated carbocycles. The van der Waals surface area contributed by atoms with Gasteiger partial charge >= 0.3 is 5.76 Å². The average Bonchev–Trinajstić information content (AvgIpc) is 2.80. The highest BCUT2D eigenvalue weighted by molar-refractivity contribution is 6.31. The zero-order valence-corrected chi connectivity index (χ0v) is 15.6. The number of carbonyl (C=O) groups excluding carboxylic acids is 1. The van der Waals surface area contributed by atoms with Crippen LogP contribution in [0, 0.1) is 0 Å². The van der Waals surface area contributed by atoms with Crippen LogP contribution in [0.5, 0.6) is 0 Å². The van der Waals surface area contributed by atoms with Crippen LogP contribution in [0.25, 0.3) is 11.1 Å². The highest BCUT2D eigenvalue weighted by Crippen LogP contribution is 2.26. The van der Waals surface area contributed by atoms with Gasteiger partial charge in [-0.15, -0.1) is 0 Å². The first-order chi connectivity index (χ1) is 11.7. The van der Waals surface area contributed by atoms with Crippen LogP contribution in [-0.4, -0.2) is 40.5 Å². The number of nitrogens with zero attached hydrogens (tertiary/aromatic N) is 2. The molecule has 0 unspecified atom stereocenters. The fourth-order valence-corrected chi connectivity index (χ4v) is 3.57. The van der Waals surface area contributed by atoms with Crippen molar-refractivity contribution in [1.82, 2.24) is 14.8 Å². The van der Waals surface area contributed by atoms with E-state index in [0.29, 0.717) is 29.2 Å². The van der Waals surface area contributed by atoms with Crippen LogP contribution in [0.15, 0.2) is 27.4 Å². The lowest BCUT2D eigenvalue weighted by atomic mass is 10.0. The zero-order chi connectivity index (χ0) is 18.2. The summed E-state index contributed by atoms with van der Waals surface area (Å²) in [5.41, 5.74) is 1.00. The molecule has 1 amide bonds. The summed E-state index contributed by atoms with van der Waals surface area (Å²) in [6, 6.07) is 5.16. The first-order valence-electron chi connectivity index (χ1n) is 8.57. The number of piperidine rings is 1. The Bertz CT molecular complexity index is 834. The molecule has 1 saturated heterocycles. The number of amides is 1. The maximum Gasteiger partial charge on any atom is 0.420 e. The number of nitrogens with one attached hydrogen (secondary N) is 1. The molecule has 1 aromatic carbocycles. The summed E-state index contributed by atoms with van der Waals surface area (Å²) in [5, 5.41) is 3.55. The van der Waals surface area contributed by atoms with E-state index in [1.807, 2.05) is 20.8 Å². The molecule has 3 rings (SSSR count). The second kappa shape index (κ2) is 6.84. The largest absolute Gasteiger partial charge is 0.420 e. The lowest BCUT2D eigenvalue weighted by Gasteiger charge is -2.33. The second-order valence-corrected chi connectivity index (χ2v) is 8.12. The topological polar surface area (TPSA) is 67.5 Å². The van der Waals surface area contributed by atoms with E-state index in [2.05, 4.69) is 10.2 Å². The van der Waals surface area contributed by atoms with Gasteiger partial charge in [0.15, 0.2) is 5.58 Å². The van der Waals surface area contributed by atoms with E-state index in [-0.39, 0.29) is 23.2 Å². The van der Waals surface area contributed by atoms with E-state index in [0.717, 1.165) is 19.4 Å². The Kier molecular flexibility index (Phi) is 4.93. The van der Waals surface area contributed by atoms with Crippen LogP contribution in [0.1, 0.15) is 39.7 Å².